The number of para-hydroxylation sites is 1. The van der Waals surface area contributed by atoms with Gasteiger partial charge in [0.15, 0.2) is 0 Å². The van der Waals surface area contributed by atoms with Crippen molar-refractivity contribution in [2.24, 2.45) is 0 Å². The molecule has 2 amide bonds. The van der Waals surface area contributed by atoms with Gasteiger partial charge in [-0.05, 0) is 49.1 Å². The van der Waals surface area contributed by atoms with Crippen molar-refractivity contribution >= 4 is 50.7 Å². The third-order valence-corrected chi connectivity index (χ3v) is 8.68. The first-order valence-electron chi connectivity index (χ1n) is 13.5. The van der Waals surface area contributed by atoms with Crippen LogP contribution in [0.4, 0.5) is 5.69 Å². The van der Waals surface area contributed by atoms with Crippen LogP contribution in [0.5, 0.6) is 0 Å². The molecule has 0 fully saturated rings. The Labute approximate surface area is 253 Å². The van der Waals surface area contributed by atoms with Gasteiger partial charge in [-0.25, -0.2) is 8.42 Å². The Morgan fingerprint density at radius 2 is 1.49 bits per heavy atom. The van der Waals surface area contributed by atoms with Crippen molar-refractivity contribution in [3.8, 4) is 0 Å². The highest BCUT2D eigenvalue weighted by molar-refractivity contribution is 7.92. The minimum Gasteiger partial charge on any atom is -0.354 e. The van der Waals surface area contributed by atoms with Crippen LogP contribution in [-0.4, -0.2) is 50.5 Å². The fourth-order valence-corrected chi connectivity index (χ4v) is 6.17. The van der Waals surface area contributed by atoms with Crippen molar-refractivity contribution in [2.45, 2.75) is 52.6 Å². The monoisotopic (exact) mass is 617 g/mol. The standard InChI is InChI=1S/C31H37Cl2N3O4S/c1-5-6-18-34-31(38)28(19-24-14-8-7-9-15-24)35(20-25-26(32)16-11-17-27(25)33)29(37)21-36(41(4,39)40)30-22(2)12-10-13-23(30)3/h7-17,28H,5-6,18-21H2,1-4H3,(H,34,38). The molecule has 0 aliphatic carbocycles. The number of hydrogen-bond acceptors (Lipinski definition) is 4. The summed E-state index contributed by atoms with van der Waals surface area (Å²) in [6, 6.07) is 18.9. The first kappa shape index (κ1) is 32.4. The Balaban J connectivity index is 2.12. The van der Waals surface area contributed by atoms with Crippen LogP contribution in [0.2, 0.25) is 10.0 Å². The van der Waals surface area contributed by atoms with Gasteiger partial charge in [-0.1, -0.05) is 91.1 Å². The summed E-state index contributed by atoms with van der Waals surface area (Å²) in [7, 11) is -3.87. The number of rotatable bonds is 13. The molecule has 220 valence electrons. The van der Waals surface area contributed by atoms with Crippen LogP contribution < -0.4 is 9.62 Å². The number of unbranched alkanes of at least 4 members (excludes halogenated alkanes) is 1. The molecule has 0 spiro atoms. The molecule has 0 aliphatic heterocycles. The summed E-state index contributed by atoms with van der Waals surface area (Å²) in [5.41, 5.74) is 3.18. The first-order valence-corrected chi connectivity index (χ1v) is 16.1. The van der Waals surface area contributed by atoms with Crippen LogP contribution in [0.15, 0.2) is 66.7 Å². The van der Waals surface area contributed by atoms with Crippen LogP contribution in [0.1, 0.15) is 42.0 Å². The van der Waals surface area contributed by atoms with E-state index in [-0.39, 0.29) is 18.9 Å². The van der Waals surface area contributed by atoms with Crippen molar-refractivity contribution in [2.75, 3.05) is 23.7 Å². The second kappa shape index (κ2) is 14.7. The molecule has 0 saturated carbocycles. The highest BCUT2D eigenvalue weighted by Gasteiger charge is 2.34. The maximum absolute atomic E-state index is 14.2. The average molecular weight is 619 g/mol. The number of carbonyl (C=O) groups is 2. The molecule has 0 radical (unpaired) electrons. The van der Waals surface area contributed by atoms with Gasteiger partial charge in [-0.3, -0.25) is 13.9 Å². The zero-order chi connectivity index (χ0) is 30.2. The molecule has 1 unspecified atom stereocenters. The highest BCUT2D eigenvalue weighted by Crippen LogP contribution is 2.29. The molecular formula is C31H37Cl2N3O4S. The van der Waals surface area contributed by atoms with Gasteiger partial charge in [0, 0.05) is 35.1 Å². The van der Waals surface area contributed by atoms with Gasteiger partial charge in [0.05, 0.1) is 11.9 Å². The summed E-state index contributed by atoms with van der Waals surface area (Å²) >= 11 is 13.0. The molecule has 41 heavy (non-hydrogen) atoms. The van der Waals surface area contributed by atoms with Gasteiger partial charge in [-0.15, -0.1) is 0 Å². The Bertz CT molecular complexity index is 1420. The number of benzene rings is 3. The van der Waals surface area contributed by atoms with Crippen LogP contribution in [0, 0.1) is 13.8 Å². The van der Waals surface area contributed by atoms with Gasteiger partial charge < -0.3 is 10.2 Å². The minimum atomic E-state index is -3.87. The topological polar surface area (TPSA) is 86.8 Å². The number of amides is 2. The number of nitrogens with zero attached hydrogens (tertiary/aromatic N) is 2. The summed E-state index contributed by atoms with van der Waals surface area (Å²) in [5.74, 6) is -0.891. The third-order valence-electron chi connectivity index (χ3n) is 6.86. The molecule has 3 aromatic carbocycles. The molecule has 0 aliphatic rings. The summed E-state index contributed by atoms with van der Waals surface area (Å²) < 4.78 is 27.2. The molecule has 0 bridgehead atoms. The van der Waals surface area contributed by atoms with E-state index in [0.717, 1.165) is 29.0 Å². The zero-order valence-electron chi connectivity index (χ0n) is 23.9. The molecule has 7 nitrogen and oxygen atoms in total. The second-order valence-corrected chi connectivity index (χ2v) is 12.8. The van der Waals surface area contributed by atoms with Gasteiger partial charge in [0.25, 0.3) is 0 Å². The van der Waals surface area contributed by atoms with Gasteiger partial charge in [-0.2, -0.15) is 0 Å². The minimum absolute atomic E-state index is 0.0829. The van der Waals surface area contributed by atoms with Crippen molar-refractivity contribution in [1.29, 1.82) is 0 Å². The normalized spacial score (nSPS) is 12.0. The van der Waals surface area contributed by atoms with Crippen molar-refractivity contribution in [1.82, 2.24) is 10.2 Å². The van der Waals surface area contributed by atoms with Crippen LogP contribution in [-0.2, 0) is 32.6 Å². The van der Waals surface area contributed by atoms with E-state index in [0.29, 0.717) is 39.0 Å². The lowest BCUT2D eigenvalue weighted by Gasteiger charge is -2.34. The average Bonchev–Trinajstić information content (AvgIpc) is 2.91. The quantitative estimate of drug-likeness (QED) is 0.241. The number of hydrogen-bond donors (Lipinski definition) is 1. The van der Waals surface area contributed by atoms with E-state index < -0.39 is 28.5 Å². The molecule has 3 aromatic rings. The van der Waals surface area contributed by atoms with Crippen molar-refractivity contribution < 1.29 is 18.0 Å². The lowest BCUT2D eigenvalue weighted by atomic mass is 10.0. The summed E-state index contributed by atoms with van der Waals surface area (Å²) in [6.07, 6.45) is 2.96. The van der Waals surface area contributed by atoms with Gasteiger partial charge >= 0.3 is 0 Å². The Morgan fingerprint density at radius 3 is 2.05 bits per heavy atom. The molecular weight excluding hydrogens is 581 g/mol. The molecule has 3 rings (SSSR count). The Morgan fingerprint density at radius 1 is 0.902 bits per heavy atom. The van der Waals surface area contributed by atoms with E-state index in [9.17, 15) is 18.0 Å². The third kappa shape index (κ3) is 8.71. The Hall–Kier alpha value is -3.07. The lowest BCUT2D eigenvalue weighted by Crippen LogP contribution is -2.53. The van der Waals surface area contributed by atoms with Crippen molar-refractivity contribution in [3.05, 3.63) is 99.0 Å². The van der Waals surface area contributed by atoms with Crippen molar-refractivity contribution in [3.63, 3.8) is 0 Å². The molecule has 1 N–H and O–H groups in total. The fraction of sp³-hybridized carbons (Fsp3) is 0.355. The number of carbonyl (C=O) groups excluding carboxylic acids is 2. The number of aryl methyl sites for hydroxylation is 2. The van der Waals surface area contributed by atoms with Gasteiger partial charge in [0.1, 0.15) is 12.6 Å². The van der Waals surface area contributed by atoms with Crippen LogP contribution in [0.3, 0.4) is 0 Å². The van der Waals surface area contributed by atoms with E-state index >= 15 is 0 Å². The summed E-state index contributed by atoms with van der Waals surface area (Å²) in [5, 5.41) is 3.64. The Kier molecular flexibility index (Phi) is 11.6. The lowest BCUT2D eigenvalue weighted by molar-refractivity contribution is -0.140. The number of nitrogens with one attached hydrogen (secondary N) is 1. The molecule has 0 saturated heterocycles. The van der Waals surface area contributed by atoms with Crippen LogP contribution >= 0.6 is 23.2 Å². The predicted molar refractivity (Wildman–Crippen MR) is 167 cm³/mol. The number of halogens is 2. The maximum atomic E-state index is 14.2. The number of sulfonamides is 1. The first-order chi connectivity index (χ1) is 19.4. The summed E-state index contributed by atoms with van der Waals surface area (Å²) in [4.78, 5) is 29.3. The SMILES string of the molecule is CCCCNC(=O)C(Cc1ccccc1)N(Cc1c(Cl)cccc1Cl)C(=O)CN(c1c(C)cccc1C)S(C)(=O)=O. The highest BCUT2D eigenvalue weighted by atomic mass is 35.5. The van der Waals surface area contributed by atoms with E-state index in [1.807, 2.05) is 43.3 Å². The summed E-state index contributed by atoms with van der Waals surface area (Å²) in [6.45, 7) is 5.49. The molecule has 0 aromatic heterocycles. The van der Waals surface area contributed by atoms with Gasteiger partial charge in [0.2, 0.25) is 21.8 Å². The fourth-order valence-electron chi connectivity index (χ4n) is 4.69. The largest absolute Gasteiger partial charge is 0.354 e. The molecule has 1 atom stereocenters. The smallest absolute Gasteiger partial charge is 0.244 e. The molecule has 0 heterocycles. The van der Waals surface area contributed by atoms with E-state index in [4.69, 9.17) is 23.2 Å². The van der Waals surface area contributed by atoms with Crippen LogP contribution in [0.25, 0.3) is 0 Å². The van der Waals surface area contributed by atoms with E-state index in [1.165, 1.54) is 4.90 Å². The second-order valence-electron chi connectivity index (χ2n) is 10.1. The predicted octanol–water partition coefficient (Wildman–Crippen LogP) is 5.93. The zero-order valence-corrected chi connectivity index (χ0v) is 26.2. The number of anilines is 1. The van der Waals surface area contributed by atoms with E-state index in [2.05, 4.69) is 5.32 Å². The maximum Gasteiger partial charge on any atom is 0.244 e. The molecule has 10 heteroatoms. The van der Waals surface area contributed by atoms with E-state index in [1.54, 1.807) is 44.2 Å².